The first kappa shape index (κ1) is 74.0. The van der Waals surface area contributed by atoms with Crippen LogP contribution in [0.25, 0.3) is 44.5 Å². The van der Waals surface area contributed by atoms with Crippen LogP contribution in [-0.4, -0.2) is 0 Å². The molecule has 0 saturated heterocycles. The largest absolute Gasteiger partial charge is 0.246 e. The van der Waals surface area contributed by atoms with Gasteiger partial charge in [0.1, 0.15) is 6.67 Å². The van der Waals surface area contributed by atoms with Gasteiger partial charge in [-0.05, 0) is 189 Å². The molecule has 0 amide bonds. The molecule has 0 aromatic heterocycles. The first-order valence-corrected chi connectivity index (χ1v) is 33.2. The Hall–Kier alpha value is -5.73. The van der Waals surface area contributed by atoms with E-state index in [1.54, 1.807) is 0 Å². The minimum absolute atomic E-state index is 0.0443. The summed E-state index contributed by atoms with van der Waals surface area (Å²) in [6.45, 7) is 64.3. The lowest BCUT2D eigenvalue weighted by atomic mass is 9.78. The Morgan fingerprint density at radius 3 is 0.584 bits per heavy atom. The normalized spacial score (nSPS) is 12.5. The van der Waals surface area contributed by atoms with Crippen molar-refractivity contribution in [1.82, 2.24) is 0 Å². The molecule has 0 radical (unpaired) electrons. The molecule has 0 saturated carbocycles. The van der Waals surface area contributed by atoms with Crippen molar-refractivity contribution < 1.29 is 4.39 Å². The van der Waals surface area contributed by atoms with Crippen LogP contribution in [-0.2, 0) is 50.0 Å². The smallest absolute Gasteiger partial charge is 0.115 e. The zero-order valence-corrected chi connectivity index (χ0v) is 62.2. The second kappa shape index (κ2) is 28.0. The molecular weight excluding hydrogens is 1120 g/mol. The topological polar surface area (TPSA) is 0 Å². The molecule has 8 rings (SSSR count). The lowest BCUT2D eigenvalue weighted by Gasteiger charge is -2.26. The number of benzene rings is 8. The van der Waals surface area contributed by atoms with Gasteiger partial charge in [-0.2, -0.15) is 0 Å². The average molecular weight is 1240 g/mol. The van der Waals surface area contributed by atoms with E-state index in [9.17, 15) is 4.39 Å². The Labute approximate surface area is 552 Å². The molecule has 89 heavy (non-hydrogen) atoms. The van der Waals surface area contributed by atoms with Crippen molar-refractivity contribution in [3.63, 3.8) is 0 Å². The van der Waals surface area contributed by atoms with E-state index >= 15 is 0 Å². The standard InChI is InChI=1S/C22H29F.C22H30.2C21H27Cl/c1-15-16(10-8-12-19(15)21(2,3)4)17-11-9-13-20(18(17)14-23)22(5,6)7;1-15-17(11-9-13-19(15)21(3,4)5)18-12-10-14-20(16(18)2)22(6,7)8;2*1-14-15(10-8-12-17(14)20(2,3)4)16-11-9-13-18(19(16)22)21(5,6)7/h8-13H,14H2,1-7H3;9-14H,1-8H3;2*8-13H,1-7H3. The summed E-state index contributed by atoms with van der Waals surface area (Å²) in [4.78, 5) is 0. The fraction of sp³-hybridized carbons (Fsp3) is 0.442. The lowest BCUT2D eigenvalue weighted by molar-refractivity contribution is 0.471. The van der Waals surface area contributed by atoms with Gasteiger partial charge in [0, 0.05) is 11.1 Å². The van der Waals surface area contributed by atoms with E-state index in [0.29, 0.717) is 0 Å². The third kappa shape index (κ3) is 17.9. The van der Waals surface area contributed by atoms with Gasteiger partial charge in [0.25, 0.3) is 0 Å². The van der Waals surface area contributed by atoms with Gasteiger partial charge in [-0.25, -0.2) is 4.39 Å². The zero-order chi connectivity index (χ0) is 67.5. The molecule has 0 spiro atoms. The van der Waals surface area contributed by atoms with E-state index in [4.69, 9.17) is 23.2 Å². The molecule has 0 heterocycles. The third-order valence-electron chi connectivity index (χ3n) is 17.6. The Morgan fingerprint density at radius 1 is 0.225 bits per heavy atom. The summed E-state index contributed by atoms with van der Waals surface area (Å²) >= 11 is 13.5. The number of alkyl halides is 1. The van der Waals surface area contributed by atoms with Crippen LogP contribution in [0, 0.1) is 34.6 Å². The van der Waals surface area contributed by atoms with Gasteiger partial charge in [-0.1, -0.05) is 335 Å². The number of hydrogen-bond donors (Lipinski definition) is 0. The summed E-state index contributed by atoms with van der Waals surface area (Å²) in [5.74, 6) is 0. The van der Waals surface area contributed by atoms with Crippen LogP contribution >= 0.6 is 23.2 Å². The van der Waals surface area contributed by atoms with E-state index in [2.05, 4.69) is 346 Å². The summed E-state index contributed by atoms with van der Waals surface area (Å²) in [5, 5.41) is 1.76. The Kier molecular flexibility index (Phi) is 23.3. The molecule has 478 valence electrons. The summed E-state index contributed by atoms with van der Waals surface area (Å²) in [5.41, 5.74) is 28.4. The molecule has 0 fully saturated rings. The SMILES string of the molecule is Cc1c(-c2cccc(C(C)(C)C)c2C)cccc1C(C)(C)C.Cc1c(-c2cccc(C(C)(C)C)c2CF)cccc1C(C)(C)C.Cc1c(-c2cccc(C(C)(C)C)c2Cl)cccc1C(C)(C)C.Cc1c(-c2cccc(C(C)(C)C)c2Cl)cccc1C(C)(C)C. The summed E-state index contributed by atoms with van der Waals surface area (Å²) in [7, 11) is 0. The fourth-order valence-corrected chi connectivity index (χ4v) is 14.0. The molecule has 0 atom stereocenters. The van der Waals surface area contributed by atoms with Gasteiger partial charge < -0.3 is 0 Å². The molecule has 0 N–H and O–H groups in total. The predicted octanol–water partition coefficient (Wildman–Crippen LogP) is 27.1. The van der Waals surface area contributed by atoms with E-state index in [1.807, 2.05) is 0 Å². The highest BCUT2D eigenvalue weighted by Gasteiger charge is 2.28. The molecule has 8 aromatic rings. The molecule has 0 nitrogen and oxygen atoms in total. The monoisotopic (exact) mass is 1230 g/mol. The highest BCUT2D eigenvalue weighted by atomic mass is 35.5. The lowest BCUT2D eigenvalue weighted by Crippen LogP contribution is -2.15. The van der Waals surface area contributed by atoms with Gasteiger partial charge in [0.15, 0.2) is 0 Å². The van der Waals surface area contributed by atoms with Crippen LogP contribution in [0.15, 0.2) is 146 Å². The minimum Gasteiger partial charge on any atom is -0.246 e. The van der Waals surface area contributed by atoms with Crippen molar-refractivity contribution in [3.05, 3.63) is 234 Å². The highest BCUT2D eigenvalue weighted by molar-refractivity contribution is 6.34. The fourth-order valence-electron chi connectivity index (χ4n) is 13.0. The molecule has 0 aliphatic carbocycles. The molecule has 0 aliphatic rings. The van der Waals surface area contributed by atoms with Gasteiger partial charge >= 0.3 is 0 Å². The molecule has 8 aromatic carbocycles. The zero-order valence-electron chi connectivity index (χ0n) is 60.7. The Morgan fingerprint density at radius 2 is 0.382 bits per heavy atom. The van der Waals surface area contributed by atoms with Crippen LogP contribution in [0.2, 0.25) is 10.0 Å². The maximum absolute atomic E-state index is 13.9. The third-order valence-corrected chi connectivity index (χ3v) is 18.4. The van der Waals surface area contributed by atoms with Crippen LogP contribution in [0.1, 0.15) is 244 Å². The van der Waals surface area contributed by atoms with E-state index in [0.717, 1.165) is 43.4 Å². The number of halogens is 3. The van der Waals surface area contributed by atoms with E-state index in [-0.39, 0.29) is 43.3 Å². The van der Waals surface area contributed by atoms with Crippen molar-refractivity contribution in [2.24, 2.45) is 0 Å². The van der Waals surface area contributed by atoms with Crippen LogP contribution < -0.4 is 0 Å². The predicted molar refractivity (Wildman–Crippen MR) is 396 cm³/mol. The second-order valence-electron chi connectivity index (χ2n) is 33.2. The van der Waals surface area contributed by atoms with Crippen LogP contribution in [0.5, 0.6) is 0 Å². The maximum Gasteiger partial charge on any atom is 0.115 e. The van der Waals surface area contributed by atoms with Crippen LogP contribution in [0.3, 0.4) is 0 Å². The molecule has 0 unspecified atom stereocenters. The maximum atomic E-state index is 13.9. The van der Waals surface area contributed by atoms with Crippen molar-refractivity contribution in [2.75, 3.05) is 0 Å². The first-order chi connectivity index (χ1) is 40.7. The molecule has 0 aliphatic heterocycles. The molecular formula is C86H113Cl2F. The minimum atomic E-state index is -0.429. The van der Waals surface area contributed by atoms with Crippen LogP contribution in [0.4, 0.5) is 4.39 Å². The van der Waals surface area contributed by atoms with E-state index in [1.165, 1.54) is 89.0 Å². The van der Waals surface area contributed by atoms with Crippen molar-refractivity contribution in [2.45, 2.75) is 251 Å². The van der Waals surface area contributed by atoms with E-state index < -0.39 is 6.67 Å². The Bertz CT molecular complexity index is 3250. The van der Waals surface area contributed by atoms with Gasteiger partial charge in [-0.3, -0.25) is 0 Å². The summed E-state index contributed by atoms with van der Waals surface area (Å²) in [6, 6.07) is 51.9. The van der Waals surface area contributed by atoms with Gasteiger partial charge in [-0.15, -0.1) is 0 Å². The average Bonchev–Trinajstić information content (AvgIpc) is 3.31. The number of rotatable bonds is 5. The van der Waals surface area contributed by atoms with Crippen molar-refractivity contribution in [1.29, 1.82) is 0 Å². The summed E-state index contributed by atoms with van der Waals surface area (Å²) in [6.07, 6.45) is 0. The quantitative estimate of drug-likeness (QED) is 0.161. The molecule has 0 bridgehead atoms. The van der Waals surface area contributed by atoms with Gasteiger partial charge in [0.05, 0.1) is 10.0 Å². The first-order valence-electron chi connectivity index (χ1n) is 32.5. The van der Waals surface area contributed by atoms with Gasteiger partial charge in [0.2, 0.25) is 0 Å². The second-order valence-corrected chi connectivity index (χ2v) is 33.9. The Balaban J connectivity index is 0.000000216. The molecule has 3 heteroatoms. The summed E-state index contributed by atoms with van der Waals surface area (Å²) < 4.78 is 13.9. The number of hydrogen-bond acceptors (Lipinski definition) is 0. The van der Waals surface area contributed by atoms with Crippen molar-refractivity contribution in [3.8, 4) is 44.5 Å². The van der Waals surface area contributed by atoms with Crippen molar-refractivity contribution >= 4 is 23.2 Å². The highest BCUT2D eigenvalue weighted by Crippen LogP contribution is 2.44.